The second kappa shape index (κ2) is 4.98. The summed E-state index contributed by atoms with van der Waals surface area (Å²) in [7, 11) is -3.66. The molecule has 8 nitrogen and oxygen atoms in total. The van der Waals surface area contributed by atoms with E-state index in [0.717, 1.165) is 0 Å². The lowest BCUT2D eigenvalue weighted by Crippen LogP contribution is -2.14. The van der Waals surface area contributed by atoms with Crippen LogP contribution in [-0.2, 0) is 10.0 Å². The smallest absolute Gasteiger partial charge is 0.265 e. The number of anilines is 1. The zero-order valence-electron chi connectivity index (χ0n) is 9.61. The van der Waals surface area contributed by atoms with E-state index in [0.29, 0.717) is 11.3 Å². The van der Waals surface area contributed by atoms with Gasteiger partial charge in [-0.1, -0.05) is 5.16 Å². The quantitative estimate of drug-likeness (QED) is 0.277. The number of hydrogen-bond acceptors (Lipinski definition) is 5. The molecule has 2 rings (SSSR count). The van der Waals surface area contributed by atoms with Crippen LogP contribution in [0.25, 0.3) is 0 Å². The summed E-state index contributed by atoms with van der Waals surface area (Å²) in [6.45, 7) is 0. The number of nitrogens with zero attached hydrogens (tertiary/aromatic N) is 2. The molecule has 1 aromatic heterocycles. The second-order valence-electron chi connectivity index (χ2n) is 3.60. The molecule has 0 aliphatic heterocycles. The number of aromatic nitrogens is 2. The first-order chi connectivity index (χ1) is 9.03. The zero-order chi connectivity index (χ0) is 13.9. The average Bonchev–Trinajstić information content (AvgIpc) is 2.93. The highest BCUT2D eigenvalue weighted by atomic mass is 32.2. The number of H-pyrrole nitrogens is 1. The van der Waals surface area contributed by atoms with Crippen molar-refractivity contribution in [2.75, 3.05) is 4.72 Å². The van der Waals surface area contributed by atoms with E-state index < -0.39 is 10.0 Å². The lowest BCUT2D eigenvalue weighted by atomic mass is 10.2. The maximum absolute atomic E-state index is 11.9. The van der Waals surface area contributed by atoms with Crippen molar-refractivity contribution in [1.29, 1.82) is 0 Å². The number of amidine groups is 1. The fraction of sp³-hybridized carbons (Fsp3) is 0. The molecule has 9 heteroatoms. The molecule has 0 radical (unpaired) electrons. The van der Waals surface area contributed by atoms with Crippen molar-refractivity contribution in [1.82, 2.24) is 10.2 Å². The van der Waals surface area contributed by atoms with E-state index >= 15 is 0 Å². The predicted octanol–water partition coefficient (Wildman–Crippen LogP) is 0.305. The minimum absolute atomic E-state index is 0.0352. The van der Waals surface area contributed by atoms with Crippen molar-refractivity contribution < 1.29 is 13.6 Å². The van der Waals surface area contributed by atoms with Gasteiger partial charge >= 0.3 is 0 Å². The van der Waals surface area contributed by atoms with Gasteiger partial charge in [0.1, 0.15) is 4.90 Å². The molecule has 0 saturated heterocycles. The van der Waals surface area contributed by atoms with E-state index in [1.54, 1.807) is 0 Å². The maximum atomic E-state index is 11.9. The van der Waals surface area contributed by atoms with Crippen LogP contribution in [0.5, 0.6) is 0 Å². The molecule has 19 heavy (non-hydrogen) atoms. The summed E-state index contributed by atoms with van der Waals surface area (Å²) in [4.78, 5) is 0.0352. The highest BCUT2D eigenvalue weighted by Crippen LogP contribution is 2.15. The Bertz CT molecular complexity index is 676. The van der Waals surface area contributed by atoms with Crippen LogP contribution in [0.1, 0.15) is 5.56 Å². The Morgan fingerprint density at radius 3 is 2.58 bits per heavy atom. The summed E-state index contributed by atoms with van der Waals surface area (Å²) >= 11 is 0. The van der Waals surface area contributed by atoms with Crippen molar-refractivity contribution >= 4 is 21.5 Å². The minimum Gasteiger partial charge on any atom is -0.409 e. The number of sulfonamides is 1. The fourth-order valence-corrected chi connectivity index (χ4v) is 2.33. The van der Waals surface area contributed by atoms with E-state index in [1.165, 1.54) is 36.7 Å². The normalized spacial score (nSPS) is 12.3. The van der Waals surface area contributed by atoms with Gasteiger partial charge in [-0.3, -0.25) is 9.82 Å². The summed E-state index contributed by atoms with van der Waals surface area (Å²) in [6, 6.07) is 6.07. The summed E-state index contributed by atoms with van der Waals surface area (Å²) in [5, 5.41) is 17.4. The Hall–Kier alpha value is -2.55. The highest BCUT2D eigenvalue weighted by molar-refractivity contribution is 7.92. The van der Waals surface area contributed by atoms with Crippen LogP contribution in [-0.4, -0.2) is 29.7 Å². The number of benzene rings is 1. The van der Waals surface area contributed by atoms with Gasteiger partial charge in [0.25, 0.3) is 10.0 Å². The second-order valence-corrected chi connectivity index (χ2v) is 5.28. The molecule has 1 heterocycles. The molecule has 0 amide bonds. The number of nitrogens with two attached hydrogens (primary N) is 1. The standard InChI is InChI=1S/C10H11N5O3S/c11-10(14-16)7-1-3-8(4-2-7)15-19(17,18)9-5-12-13-6-9/h1-6,15-16H,(H2,11,14)(H,12,13). The third-order valence-electron chi connectivity index (χ3n) is 2.32. The minimum atomic E-state index is -3.66. The third-order valence-corrected chi connectivity index (χ3v) is 3.67. The van der Waals surface area contributed by atoms with Crippen LogP contribution in [0.2, 0.25) is 0 Å². The van der Waals surface area contributed by atoms with Gasteiger partial charge in [0.2, 0.25) is 0 Å². The molecular formula is C10H11N5O3S. The number of oxime groups is 1. The number of nitrogens with one attached hydrogen (secondary N) is 2. The van der Waals surface area contributed by atoms with Crippen LogP contribution < -0.4 is 10.5 Å². The van der Waals surface area contributed by atoms with Crippen LogP contribution in [0.3, 0.4) is 0 Å². The summed E-state index contributed by atoms with van der Waals surface area (Å²) < 4.78 is 26.1. The Morgan fingerprint density at radius 1 is 1.37 bits per heavy atom. The van der Waals surface area contributed by atoms with Crippen LogP contribution in [0.4, 0.5) is 5.69 Å². The molecule has 0 atom stereocenters. The molecule has 0 fully saturated rings. The van der Waals surface area contributed by atoms with Gasteiger partial charge in [-0.05, 0) is 24.3 Å². The summed E-state index contributed by atoms with van der Waals surface area (Å²) in [5.74, 6) is -0.0516. The number of aromatic amines is 1. The highest BCUT2D eigenvalue weighted by Gasteiger charge is 2.15. The first-order valence-corrected chi connectivity index (χ1v) is 6.61. The SMILES string of the molecule is N/C(=N/O)c1ccc(NS(=O)(=O)c2cn[nH]c2)cc1. The van der Waals surface area contributed by atoms with Crippen molar-refractivity contribution in [3.63, 3.8) is 0 Å². The first kappa shape index (κ1) is 12.9. The fourth-order valence-electron chi connectivity index (χ4n) is 1.37. The van der Waals surface area contributed by atoms with E-state index in [1.807, 2.05) is 0 Å². The van der Waals surface area contributed by atoms with E-state index in [4.69, 9.17) is 10.9 Å². The molecule has 0 bridgehead atoms. The van der Waals surface area contributed by atoms with Crippen LogP contribution in [0, 0.1) is 0 Å². The Labute approximate surface area is 109 Å². The van der Waals surface area contributed by atoms with E-state index in [2.05, 4.69) is 20.1 Å². The largest absolute Gasteiger partial charge is 0.409 e. The maximum Gasteiger partial charge on any atom is 0.265 e. The molecule has 0 saturated carbocycles. The van der Waals surface area contributed by atoms with Gasteiger partial charge in [-0.15, -0.1) is 0 Å². The molecule has 1 aromatic carbocycles. The molecule has 0 spiro atoms. The van der Waals surface area contributed by atoms with Crippen molar-refractivity contribution in [2.24, 2.45) is 10.9 Å². The van der Waals surface area contributed by atoms with Crippen LogP contribution in [0.15, 0.2) is 46.7 Å². The lowest BCUT2D eigenvalue weighted by molar-refractivity contribution is 0.318. The van der Waals surface area contributed by atoms with Crippen molar-refractivity contribution in [3.8, 4) is 0 Å². The molecule has 100 valence electrons. The lowest BCUT2D eigenvalue weighted by Gasteiger charge is -2.06. The monoisotopic (exact) mass is 281 g/mol. The molecule has 0 aliphatic rings. The van der Waals surface area contributed by atoms with E-state index in [9.17, 15) is 8.42 Å². The Balaban J connectivity index is 2.21. The van der Waals surface area contributed by atoms with Gasteiger partial charge in [-0.2, -0.15) is 5.10 Å². The molecule has 2 aromatic rings. The Kier molecular flexibility index (Phi) is 3.38. The summed E-state index contributed by atoms with van der Waals surface area (Å²) in [5.41, 5.74) is 6.24. The van der Waals surface area contributed by atoms with Gasteiger partial charge in [0.15, 0.2) is 5.84 Å². The molecule has 0 unspecified atom stereocenters. The molecular weight excluding hydrogens is 270 g/mol. The van der Waals surface area contributed by atoms with Gasteiger partial charge in [0, 0.05) is 17.4 Å². The third kappa shape index (κ3) is 2.83. The molecule has 5 N–H and O–H groups in total. The van der Waals surface area contributed by atoms with Gasteiger partial charge in [-0.25, -0.2) is 8.42 Å². The Morgan fingerprint density at radius 2 is 2.05 bits per heavy atom. The molecule has 0 aliphatic carbocycles. The predicted molar refractivity (Wildman–Crippen MR) is 68.3 cm³/mol. The number of hydrogen-bond donors (Lipinski definition) is 4. The van der Waals surface area contributed by atoms with Crippen LogP contribution >= 0.6 is 0 Å². The zero-order valence-corrected chi connectivity index (χ0v) is 10.4. The first-order valence-electron chi connectivity index (χ1n) is 5.12. The average molecular weight is 281 g/mol. The summed E-state index contributed by atoms with van der Waals surface area (Å²) in [6.07, 6.45) is 2.47. The van der Waals surface area contributed by atoms with Gasteiger partial charge in [0.05, 0.1) is 6.20 Å². The van der Waals surface area contributed by atoms with E-state index in [-0.39, 0.29) is 10.7 Å². The number of rotatable bonds is 4. The topological polar surface area (TPSA) is 133 Å². The van der Waals surface area contributed by atoms with Crippen molar-refractivity contribution in [2.45, 2.75) is 4.90 Å². The van der Waals surface area contributed by atoms with Gasteiger partial charge < -0.3 is 10.9 Å². The van der Waals surface area contributed by atoms with Crippen molar-refractivity contribution in [3.05, 3.63) is 42.2 Å².